The molecule has 0 saturated carbocycles. The van der Waals surface area contributed by atoms with Crippen LogP contribution in [-0.2, 0) is 6.54 Å². The summed E-state index contributed by atoms with van der Waals surface area (Å²) in [6.45, 7) is 0.450. The number of carbonyl (C=O) groups is 1. The fraction of sp³-hybridized carbons (Fsp3) is 0.0800. The Bertz CT molecular complexity index is 1480. The van der Waals surface area contributed by atoms with E-state index in [0.717, 1.165) is 16.6 Å². The molecule has 0 fully saturated rings. The van der Waals surface area contributed by atoms with Gasteiger partial charge in [-0.15, -0.1) is 0 Å². The zero-order valence-electron chi connectivity index (χ0n) is 17.5. The molecule has 5 rings (SSSR count). The van der Waals surface area contributed by atoms with Crippen molar-refractivity contribution < 1.29 is 14.1 Å². The predicted octanol–water partition coefficient (Wildman–Crippen LogP) is 6.29. The number of carbonyl (C=O) groups excluding carboxylic acids is 1. The fourth-order valence-corrected chi connectivity index (χ4v) is 4.15. The first-order valence-corrected chi connectivity index (χ1v) is 10.8. The summed E-state index contributed by atoms with van der Waals surface area (Å²) in [4.78, 5) is 17.7. The highest BCUT2D eigenvalue weighted by Crippen LogP contribution is 2.30. The van der Waals surface area contributed by atoms with Gasteiger partial charge < -0.3 is 13.8 Å². The highest BCUT2D eigenvalue weighted by molar-refractivity contribution is 6.35. The SMILES string of the molecule is COc1ccc2c(c1)c(C(=O)c1nc(-c3ccccc3)no1)cn2Cc1ccc(Cl)cc1Cl. The molecule has 0 aliphatic rings. The molecule has 33 heavy (non-hydrogen) atoms. The second-order valence-corrected chi connectivity index (χ2v) is 8.25. The van der Waals surface area contributed by atoms with Crippen LogP contribution < -0.4 is 4.74 Å². The maximum Gasteiger partial charge on any atom is 0.299 e. The second kappa shape index (κ2) is 8.73. The minimum atomic E-state index is -0.371. The van der Waals surface area contributed by atoms with Crippen LogP contribution in [0.1, 0.15) is 21.8 Å². The first kappa shape index (κ1) is 21.2. The average molecular weight is 478 g/mol. The van der Waals surface area contributed by atoms with Crippen molar-refractivity contribution in [3.8, 4) is 17.1 Å². The Hall–Kier alpha value is -3.61. The van der Waals surface area contributed by atoms with Crippen molar-refractivity contribution in [2.45, 2.75) is 6.54 Å². The zero-order valence-corrected chi connectivity index (χ0v) is 19.0. The first-order chi connectivity index (χ1) is 16.0. The number of aromatic nitrogens is 3. The van der Waals surface area contributed by atoms with Crippen molar-refractivity contribution in [1.29, 1.82) is 0 Å². The lowest BCUT2D eigenvalue weighted by atomic mass is 10.1. The van der Waals surface area contributed by atoms with Gasteiger partial charge in [0.1, 0.15) is 5.75 Å². The summed E-state index contributed by atoms with van der Waals surface area (Å²) in [5, 5.41) is 5.80. The monoisotopic (exact) mass is 477 g/mol. The van der Waals surface area contributed by atoms with E-state index in [1.54, 1.807) is 25.4 Å². The van der Waals surface area contributed by atoms with Crippen LogP contribution >= 0.6 is 23.2 Å². The van der Waals surface area contributed by atoms with E-state index in [1.807, 2.05) is 59.2 Å². The number of halogens is 2. The third kappa shape index (κ3) is 4.11. The van der Waals surface area contributed by atoms with E-state index in [0.29, 0.717) is 39.1 Å². The van der Waals surface area contributed by atoms with Crippen LogP contribution in [0.2, 0.25) is 10.0 Å². The van der Waals surface area contributed by atoms with E-state index in [-0.39, 0.29) is 11.7 Å². The standard InChI is InChI=1S/C25H17Cl2N3O3/c1-32-18-9-10-22-19(12-18)20(14-30(22)13-16-7-8-17(26)11-21(16)27)23(31)25-28-24(29-33-25)15-5-3-2-4-6-15/h2-12,14H,13H2,1H3. The molecule has 164 valence electrons. The van der Waals surface area contributed by atoms with Crippen molar-refractivity contribution in [1.82, 2.24) is 14.7 Å². The van der Waals surface area contributed by atoms with Crippen LogP contribution in [0.5, 0.6) is 5.75 Å². The highest BCUT2D eigenvalue weighted by atomic mass is 35.5. The molecule has 2 aromatic heterocycles. The van der Waals surface area contributed by atoms with E-state index >= 15 is 0 Å². The average Bonchev–Trinajstić information content (AvgIpc) is 3.46. The topological polar surface area (TPSA) is 70.2 Å². The Labute approximate surface area is 199 Å². The molecule has 0 bridgehead atoms. The van der Waals surface area contributed by atoms with Crippen molar-refractivity contribution >= 4 is 39.9 Å². The van der Waals surface area contributed by atoms with Crippen LogP contribution in [0, 0.1) is 0 Å². The van der Waals surface area contributed by atoms with Crippen molar-refractivity contribution in [2.75, 3.05) is 7.11 Å². The first-order valence-electron chi connectivity index (χ1n) is 10.1. The van der Waals surface area contributed by atoms with Gasteiger partial charge in [-0.2, -0.15) is 4.98 Å². The lowest BCUT2D eigenvalue weighted by Gasteiger charge is -2.08. The Kier molecular flexibility index (Phi) is 5.62. The van der Waals surface area contributed by atoms with Crippen LogP contribution in [0.25, 0.3) is 22.3 Å². The lowest BCUT2D eigenvalue weighted by Crippen LogP contribution is -2.02. The largest absolute Gasteiger partial charge is 0.497 e. The molecule has 0 aliphatic heterocycles. The molecule has 2 heterocycles. The maximum atomic E-state index is 13.4. The van der Waals surface area contributed by atoms with Crippen LogP contribution in [0.15, 0.2) is 77.4 Å². The molecule has 3 aromatic carbocycles. The minimum Gasteiger partial charge on any atom is -0.497 e. The van der Waals surface area contributed by atoms with Gasteiger partial charge in [-0.1, -0.05) is 64.8 Å². The van der Waals surface area contributed by atoms with Gasteiger partial charge in [-0.05, 0) is 35.9 Å². The van der Waals surface area contributed by atoms with E-state index in [1.165, 1.54) is 0 Å². The van der Waals surface area contributed by atoms with E-state index in [4.69, 9.17) is 32.5 Å². The third-order valence-corrected chi connectivity index (χ3v) is 5.93. The molecule has 0 spiro atoms. The fourth-order valence-electron chi connectivity index (χ4n) is 3.68. The van der Waals surface area contributed by atoms with Gasteiger partial charge in [0, 0.05) is 39.3 Å². The molecule has 5 aromatic rings. The molecule has 8 heteroatoms. The molecule has 0 radical (unpaired) electrons. The predicted molar refractivity (Wildman–Crippen MR) is 127 cm³/mol. The Morgan fingerprint density at radius 2 is 1.88 bits per heavy atom. The summed E-state index contributed by atoms with van der Waals surface area (Å²) in [6.07, 6.45) is 1.77. The second-order valence-electron chi connectivity index (χ2n) is 7.41. The van der Waals surface area contributed by atoms with Crippen molar-refractivity contribution in [3.05, 3.63) is 100.0 Å². The molecular formula is C25H17Cl2N3O3. The van der Waals surface area contributed by atoms with Gasteiger partial charge in [0.25, 0.3) is 11.7 Å². The van der Waals surface area contributed by atoms with Crippen LogP contribution in [0.4, 0.5) is 0 Å². The molecule has 0 amide bonds. The zero-order chi connectivity index (χ0) is 22.9. The summed E-state index contributed by atoms with van der Waals surface area (Å²) in [6, 6.07) is 20.2. The molecule has 0 unspecified atom stereocenters. The van der Waals surface area contributed by atoms with Gasteiger partial charge in [0.15, 0.2) is 0 Å². The van der Waals surface area contributed by atoms with E-state index in [9.17, 15) is 4.79 Å². The number of methoxy groups -OCH3 is 1. The minimum absolute atomic E-state index is 0.0831. The third-order valence-electron chi connectivity index (χ3n) is 5.34. The molecule has 0 aliphatic carbocycles. The van der Waals surface area contributed by atoms with Crippen LogP contribution in [-0.4, -0.2) is 27.6 Å². The number of fused-ring (bicyclic) bond motifs is 1. The van der Waals surface area contributed by atoms with Gasteiger partial charge in [-0.25, -0.2) is 0 Å². The molecule has 0 saturated heterocycles. The van der Waals surface area contributed by atoms with Crippen LogP contribution in [0.3, 0.4) is 0 Å². The molecule has 0 atom stereocenters. The van der Waals surface area contributed by atoms with Gasteiger partial charge in [0.05, 0.1) is 12.7 Å². The molecule has 0 N–H and O–H groups in total. The number of ether oxygens (including phenoxy) is 1. The number of hydrogen-bond acceptors (Lipinski definition) is 5. The molecule has 6 nitrogen and oxygen atoms in total. The number of benzene rings is 3. The smallest absolute Gasteiger partial charge is 0.299 e. The quantitative estimate of drug-likeness (QED) is 0.269. The summed E-state index contributed by atoms with van der Waals surface area (Å²) in [5.41, 5.74) is 2.91. The van der Waals surface area contributed by atoms with Crippen molar-refractivity contribution in [2.24, 2.45) is 0 Å². The Balaban J connectivity index is 1.57. The van der Waals surface area contributed by atoms with Gasteiger partial charge in [-0.3, -0.25) is 4.79 Å². The normalized spacial score (nSPS) is 11.1. The van der Waals surface area contributed by atoms with E-state index in [2.05, 4.69) is 10.1 Å². The maximum absolute atomic E-state index is 13.4. The number of hydrogen-bond donors (Lipinski definition) is 0. The Morgan fingerprint density at radius 3 is 2.64 bits per heavy atom. The summed E-state index contributed by atoms with van der Waals surface area (Å²) < 4.78 is 12.6. The summed E-state index contributed by atoms with van der Waals surface area (Å²) in [5.74, 6) is 0.534. The van der Waals surface area contributed by atoms with Gasteiger partial charge in [0.2, 0.25) is 5.82 Å². The summed E-state index contributed by atoms with van der Waals surface area (Å²) >= 11 is 12.4. The number of ketones is 1. The van der Waals surface area contributed by atoms with E-state index < -0.39 is 0 Å². The Morgan fingerprint density at radius 1 is 1.06 bits per heavy atom. The van der Waals surface area contributed by atoms with Gasteiger partial charge >= 0.3 is 0 Å². The number of rotatable bonds is 6. The van der Waals surface area contributed by atoms with Crippen molar-refractivity contribution in [3.63, 3.8) is 0 Å². The lowest BCUT2D eigenvalue weighted by molar-refractivity contribution is 0.0995. The summed E-state index contributed by atoms with van der Waals surface area (Å²) in [7, 11) is 1.58. The highest BCUT2D eigenvalue weighted by Gasteiger charge is 2.23. The molecular weight excluding hydrogens is 461 g/mol. The number of nitrogens with zero attached hydrogens (tertiary/aromatic N) is 3.